The number of anilines is 2. The Balaban J connectivity index is 1.74. The van der Waals surface area contributed by atoms with E-state index in [1.165, 1.54) is 29.6 Å². The topological polar surface area (TPSA) is 63.2 Å². The molecule has 0 aliphatic rings. The molecule has 2 N–H and O–H groups in total. The maximum atomic E-state index is 11.6. The molecule has 0 radical (unpaired) electrons. The molecular formula is C18H17N3O2S2. The normalized spacial score (nSPS) is 10.5. The molecule has 1 heterocycles. The zero-order chi connectivity index (χ0) is 18.0. The first-order valence-corrected chi connectivity index (χ1v) is 8.83. The van der Waals surface area contributed by atoms with Crippen molar-refractivity contribution in [3.05, 3.63) is 53.1 Å². The fourth-order valence-electron chi connectivity index (χ4n) is 2.30. The minimum atomic E-state index is -0.364. The molecule has 0 saturated carbocycles. The van der Waals surface area contributed by atoms with Crippen LogP contribution in [0.4, 0.5) is 10.8 Å². The molecule has 0 amide bonds. The van der Waals surface area contributed by atoms with Crippen LogP contribution in [0.3, 0.4) is 0 Å². The van der Waals surface area contributed by atoms with E-state index >= 15 is 0 Å². The molecule has 0 saturated heterocycles. The van der Waals surface area contributed by atoms with Gasteiger partial charge in [-0.05, 0) is 67.5 Å². The number of thiocarbonyl (C=S) groups is 1. The van der Waals surface area contributed by atoms with Gasteiger partial charge < -0.3 is 15.4 Å². The minimum absolute atomic E-state index is 0.364. The third kappa shape index (κ3) is 3.94. The largest absolute Gasteiger partial charge is 0.465 e. The first-order chi connectivity index (χ1) is 12.0. The van der Waals surface area contributed by atoms with Crippen molar-refractivity contribution in [2.24, 2.45) is 0 Å². The van der Waals surface area contributed by atoms with Crippen LogP contribution in [-0.4, -0.2) is 23.2 Å². The van der Waals surface area contributed by atoms with Crippen LogP contribution in [0, 0.1) is 13.8 Å². The highest BCUT2D eigenvalue weighted by Crippen LogP contribution is 2.27. The number of rotatable bonds is 3. The van der Waals surface area contributed by atoms with Gasteiger partial charge in [-0.15, -0.1) is 0 Å². The molecule has 7 heteroatoms. The number of hydrogen-bond acceptors (Lipinski definition) is 5. The lowest BCUT2D eigenvalue weighted by Crippen LogP contribution is -2.18. The molecule has 0 fully saturated rings. The monoisotopic (exact) mass is 371 g/mol. The van der Waals surface area contributed by atoms with Gasteiger partial charge in [0, 0.05) is 5.69 Å². The van der Waals surface area contributed by atoms with E-state index in [2.05, 4.69) is 29.5 Å². The molecule has 5 nitrogen and oxygen atoms in total. The molecule has 3 rings (SSSR count). The molecular weight excluding hydrogens is 354 g/mol. The van der Waals surface area contributed by atoms with E-state index in [9.17, 15) is 4.79 Å². The van der Waals surface area contributed by atoms with Gasteiger partial charge >= 0.3 is 5.97 Å². The number of esters is 1. The summed E-state index contributed by atoms with van der Waals surface area (Å²) in [6.07, 6.45) is 0. The van der Waals surface area contributed by atoms with Crippen molar-refractivity contribution in [3.63, 3.8) is 0 Å². The van der Waals surface area contributed by atoms with Gasteiger partial charge in [-0.1, -0.05) is 17.4 Å². The average molecular weight is 371 g/mol. The Hall–Kier alpha value is -2.51. The van der Waals surface area contributed by atoms with E-state index in [0.717, 1.165) is 15.9 Å². The van der Waals surface area contributed by atoms with Crippen LogP contribution in [0.1, 0.15) is 21.5 Å². The van der Waals surface area contributed by atoms with Crippen LogP contribution in [0.2, 0.25) is 0 Å². The molecule has 0 unspecified atom stereocenters. The van der Waals surface area contributed by atoms with E-state index in [-0.39, 0.29) is 5.97 Å². The van der Waals surface area contributed by atoms with E-state index in [0.29, 0.717) is 15.8 Å². The van der Waals surface area contributed by atoms with Gasteiger partial charge in [-0.2, -0.15) is 0 Å². The number of nitrogens with zero attached hydrogens (tertiary/aromatic N) is 1. The summed E-state index contributed by atoms with van der Waals surface area (Å²) in [5.74, 6) is -0.364. The zero-order valence-corrected chi connectivity index (χ0v) is 15.7. The Kier molecular flexibility index (Phi) is 4.96. The van der Waals surface area contributed by atoms with E-state index in [1.54, 1.807) is 18.2 Å². The lowest BCUT2D eigenvalue weighted by molar-refractivity contribution is 0.0601. The van der Waals surface area contributed by atoms with Gasteiger partial charge in [0.1, 0.15) is 0 Å². The predicted molar refractivity (Wildman–Crippen MR) is 107 cm³/mol. The number of aryl methyl sites for hydroxylation is 2. The van der Waals surface area contributed by atoms with Crippen LogP contribution < -0.4 is 10.6 Å². The Morgan fingerprint density at radius 1 is 1.12 bits per heavy atom. The number of benzene rings is 2. The second-order valence-electron chi connectivity index (χ2n) is 5.57. The molecule has 0 atom stereocenters. The highest BCUT2D eigenvalue weighted by Gasteiger charge is 2.10. The molecule has 3 aromatic rings. The van der Waals surface area contributed by atoms with Crippen molar-refractivity contribution in [2.45, 2.75) is 13.8 Å². The van der Waals surface area contributed by atoms with Gasteiger partial charge in [0.05, 0.1) is 22.9 Å². The molecule has 0 aliphatic carbocycles. The molecule has 0 aliphatic heterocycles. The van der Waals surface area contributed by atoms with E-state index in [1.807, 2.05) is 18.2 Å². The highest BCUT2D eigenvalue weighted by molar-refractivity contribution is 7.80. The Labute approximate surface area is 155 Å². The van der Waals surface area contributed by atoms with Gasteiger partial charge in [-0.25, -0.2) is 9.78 Å². The summed E-state index contributed by atoms with van der Waals surface area (Å²) in [6, 6.07) is 11.3. The summed E-state index contributed by atoms with van der Waals surface area (Å²) >= 11 is 6.78. The van der Waals surface area contributed by atoms with Crippen LogP contribution in [0.5, 0.6) is 0 Å². The number of methoxy groups -OCH3 is 1. The van der Waals surface area contributed by atoms with Gasteiger partial charge in [0.2, 0.25) is 0 Å². The Morgan fingerprint density at radius 3 is 2.64 bits per heavy atom. The van der Waals surface area contributed by atoms with Crippen LogP contribution in [-0.2, 0) is 4.74 Å². The summed E-state index contributed by atoms with van der Waals surface area (Å²) in [6.45, 7) is 4.13. The number of hydrogen-bond donors (Lipinski definition) is 2. The summed E-state index contributed by atoms with van der Waals surface area (Å²) < 4.78 is 5.63. The molecule has 2 aromatic carbocycles. The molecule has 128 valence electrons. The quantitative estimate of drug-likeness (QED) is 0.522. The van der Waals surface area contributed by atoms with Crippen molar-refractivity contribution in [2.75, 3.05) is 17.7 Å². The van der Waals surface area contributed by atoms with Crippen LogP contribution >= 0.6 is 23.6 Å². The fourth-order valence-corrected chi connectivity index (χ4v) is 3.49. The average Bonchev–Trinajstić information content (AvgIpc) is 2.98. The maximum absolute atomic E-state index is 11.6. The number of carbonyl (C=O) groups excluding carboxylic acids is 1. The molecule has 0 bridgehead atoms. The van der Waals surface area contributed by atoms with Crippen molar-refractivity contribution in [1.82, 2.24) is 4.98 Å². The fraction of sp³-hybridized carbons (Fsp3) is 0.167. The van der Waals surface area contributed by atoms with Crippen molar-refractivity contribution >= 4 is 55.7 Å². The number of ether oxygens (including phenoxy) is 1. The number of carbonyl (C=O) groups is 1. The predicted octanol–water partition coefficient (Wildman–Crippen LogP) is 4.51. The number of nitrogens with one attached hydrogen (secondary N) is 2. The summed E-state index contributed by atoms with van der Waals surface area (Å²) in [5, 5.41) is 7.38. The Morgan fingerprint density at radius 2 is 1.92 bits per heavy atom. The van der Waals surface area contributed by atoms with E-state index < -0.39 is 0 Å². The van der Waals surface area contributed by atoms with Crippen molar-refractivity contribution in [3.8, 4) is 0 Å². The standard InChI is InChI=1S/C18H17N3O2S2/c1-10-4-6-13(8-11(10)2)19-17(24)21-18-20-14-7-5-12(16(22)23-3)9-15(14)25-18/h4-9H,1-3H3,(H2,19,20,21,24). The summed E-state index contributed by atoms with van der Waals surface area (Å²) in [7, 11) is 1.36. The zero-order valence-electron chi connectivity index (χ0n) is 14.0. The SMILES string of the molecule is COC(=O)c1ccc2nc(NC(=S)Nc3ccc(C)c(C)c3)sc2c1. The van der Waals surface area contributed by atoms with Gasteiger partial charge in [0.25, 0.3) is 0 Å². The van der Waals surface area contributed by atoms with Crippen LogP contribution in [0.15, 0.2) is 36.4 Å². The third-order valence-electron chi connectivity index (χ3n) is 3.79. The number of fused-ring (bicyclic) bond motifs is 1. The lowest BCUT2D eigenvalue weighted by Gasteiger charge is -2.10. The summed E-state index contributed by atoms with van der Waals surface area (Å²) in [4.78, 5) is 16.1. The van der Waals surface area contributed by atoms with Crippen LogP contribution in [0.25, 0.3) is 10.2 Å². The summed E-state index contributed by atoms with van der Waals surface area (Å²) in [5.41, 5.74) is 4.66. The minimum Gasteiger partial charge on any atom is -0.465 e. The highest BCUT2D eigenvalue weighted by atomic mass is 32.1. The second-order valence-corrected chi connectivity index (χ2v) is 7.01. The van der Waals surface area contributed by atoms with E-state index in [4.69, 9.17) is 17.0 Å². The van der Waals surface area contributed by atoms with Crippen molar-refractivity contribution in [1.29, 1.82) is 0 Å². The Bertz CT molecular complexity index is 966. The number of aromatic nitrogens is 1. The van der Waals surface area contributed by atoms with Gasteiger partial charge in [-0.3, -0.25) is 0 Å². The smallest absolute Gasteiger partial charge is 0.337 e. The maximum Gasteiger partial charge on any atom is 0.337 e. The van der Waals surface area contributed by atoms with Gasteiger partial charge in [0.15, 0.2) is 10.2 Å². The third-order valence-corrected chi connectivity index (χ3v) is 4.93. The van der Waals surface area contributed by atoms with Crippen molar-refractivity contribution < 1.29 is 9.53 Å². The first kappa shape index (κ1) is 17.3. The lowest BCUT2D eigenvalue weighted by atomic mass is 10.1. The number of thiazole rings is 1. The second kappa shape index (κ2) is 7.16. The molecule has 25 heavy (non-hydrogen) atoms. The molecule has 0 spiro atoms. The first-order valence-electron chi connectivity index (χ1n) is 7.60. The molecule has 1 aromatic heterocycles.